The van der Waals surface area contributed by atoms with Crippen LogP contribution in [0.2, 0.25) is 5.02 Å². The summed E-state index contributed by atoms with van der Waals surface area (Å²) in [5, 5.41) is 14.9. The molecule has 0 fully saturated rings. The number of benzene rings is 2. The number of hydrogen-bond acceptors (Lipinski definition) is 3. The smallest absolute Gasteiger partial charge is 0.269 e. The molecule has 1 N–H and O–H groups in total. The minimum atomic E-state index is -0.375. The van der Waals surface area contributed by atoms with Gasteiger partial charge in [-0.15, -0.1) is 0 Å². The minimum absolute atomic E-state index is 0.0278. The van der Waals surface area contributed by atoms with Crippen molar-refractivity contribution in [2.24, 2.45) is 0 Å². The minimum Gasteiger partial charge on any atom is -0.306 e. The topological polar surface area (TPSA) is 55.2 Å². The Labute approximate surface area is 128 Å². The van der Waals surface area contributed by atoms with Gasteiger partial charge in [-0.05, 0) is 42.7 Å². The van der Waals surface area contributed by atoms with Gasteiger partial charge in [0.1, 0.15) is 0 Å². The zero-order chi connectivity index (χ0) is 15.4. The van der Waals surface area contributed by atoms with E-state index >= 15 is 0 Å². The quantitative estimate of drug-likeness (QED) is 0.657. The molecule has 4 nitrogen and oxygen atoms in total. The molecule has 0 aromatic heterocycles. The molecular formula is C16H17ClN2O2. The Bertz CT molecular complexity index is 658. The summed E-state index contributed by atoms with van der Waals surface area (Å²) in [6, 6.07) is 12.5. The van der Waals surface area contributed by atoms with Crippen molar-refractivity contribution in [3.63, 3.8) is 0 Å². The van der Waals surface area contributed by atoms with E-state index in [1.165, 1.54) is 6.07 Å². The fraction of sp³-hybridized carbons (Fsp3) is 0.250. The molecule has 0 heterocycles. The molecule has 0 saturated heterocycles. The lowest BCUT2D eigenvalue weighted by molar-refractivity contribution is -0.384. The molecule has 0 aliphatic heterocycles. The van der Waals surface area contributed by atoms with Crippen molar-refractivity contribution in [2.75, 3.05) is 0 Å². The molecule has 0 spiro atoms. The van der Waals surface area contributed by atoms with E-state index in [0.29, 0.717) is 6.54 Å². The zero-order valence-electron chi connectivity index (χ0n) is 12.0. The highest BCUT2D eigenvalue weighted by Crippen LogP contribution is 2.20. The van der Waals surface area contributed by atoms with Gasteiger partial charge in [0.25, 0.3) is 5.69 Å². The summed E-state index contributed by atoms with van der Waals surface area (Å²) in [5.41, 5.74) is 3.30. The van der Waals surface area contributed by atoms with Gasteiger partial charge < -0.3 is 5.32 Å². The fourth-order valence-corrected chi connectivity index (χ4v) is 2.37. The Balaban J connectivity index is 2.06. The molecule has 0 amide bonds. The third-order valence-corrected chi connectivity index (χ3v) is 3.72. The molecule has 5 heteroatoms. The van der Waals surface area contributed by atoms with Crippen LogP contribution in [0.3, 0.4) is 0 Å². The molecule has 21 heavy (non-hydrogen) atoms. The van der Waals surface area contributed by atoms with Gasteiger partial charge >= 0.3 is 0 Å². The number of nitrogens with one attached hydrogen (secondary N) is 1. The van der Waals surface area contributed by atoms with E-state index in [9.17, 15) is 10.1 Å². The number of hydrogen-bond donors (Lipinski definition) is 1. The maximum absolute atomic E-state index is 10.8. The Morgan fingerprint density at radius 1 is 1.29 bits per heavy atom. The van der Waals surface area contributed by atoms with E-state index in [1.54, 1.807) is 12.1 Å². The van der Waals surface area contributed by atoms with Crippen LogP contribution in [0.25, 0.3) is 0 Å². The van der Waals surface area contributed by atoms with Crippen LogP contribution in [0, 0.1) is 17.0 Å². The number of nitrogens with zero attached hydrogens (tertiary/aromatic N) is 1. The largest absolute Gasteiger partial charge is 0.306 e. The SMILES string of the molecule is Cc1cc(Cl)ccc1CNC(C)c1cccc([N+](=O)[O-])c1. The van der Waals surface area contributed by atoms with Gasteiger partial charge in [-0.2, -0.15) is 0 Å². The molecule has 2 aromatic rings. The summed E-state index contributed by atoms with van der Waals surface area (Å²) in [7, 11) is 0. The number of nitro groups is 1. The van der Waals surface area contributed by atoms with E-state index in [2.05, 4.69) is 5.32 Å². The van der Waals surface area contributed by atoms with E-state index < -0.39 is 0 Å². The van der Waals surface area contributed by atoms with Gasteiger partial charge in [-0.25, -0.2) is 0 Å². The Kier molecular flexibility index (Phi) is 4.94. The maximum atomic E-state index is 10.8. The summed E-state index contributed by atoms with van der Waals surface area (Å²) in [4.78, 5) is 10.4. The molecule has 1 atom stereocenters. The van der Waals surface area contributed by atoms with Crippen molar-refractivity contribution in [2.45, 2.75) is 26.4 Å². The monoisotopic (exact) mass is 304 g/mol. The Morgan fingerprint density at radius 2 is 2.05 bits per heavy atom. The molecule has 2 rings (SSSR count). The first-order chi connectivity index (χ1) is 9.97. The molecular weight excluding hydrogens is 288 g/mol. The maximum Gasteiger partial charge on any atom is 0.269 e. The van der Waals surface area contributed by atoms with Crippen LogP contribution in [-0.2, 0) is 6.54 Å². The summed E-state index contributed by atoms with van der Waals surface area (Å²) in [6.45, 7) is 4.69. The summed E-state index contributed by atoms with van der Waals surface area (Å²) < 4.78 is 0. The normalized spacial score (nSPS) is 12.1. The standard InChI is InChI=1S/C16H17ClN2O2/c1-11-8-15(17)7-6-14(11)10-18-12(2)13-4-3-5-16(9-13)19(20)21/h3-9,12,18H,10H2,1-2H3. The molecule has 0 aliphatic rings. The number of rotatable bonds is 5. The van der Waals surface area contributed by atoms with Crippen LogP contribution in [0.1, 0.15) is 29.7 Å². The van der Waals surface area contributed by atoms with Gasteiger partial charge in [-0.3, -0.25) is 10.1 Å². The molecule has 110 valence electrons. The van der Waals surface area contributed by atoms with E-state index in [1.807, 2.05) is 38.1 Å². The lowest BCUT2D eigenvalue weighted by Gasteiger charge is -2.15. The van der Waals surface area contributed by atoms with Crippen molar-refractivity contribution in [3.8, 4) is 0 Å². The summed E-state index contributed by atoms with van der Waals surface area (Å²) in [5.74, 6) is 0. The third-order valence-electron chi connectivity index (χ3n) is 3.48. The third kappa shape index (κ3) is 4.03. The van der Waals surface area contributed by atoms with Gasteiger partial charge in [0.05, 0.1) is 4.92 Å². The number of nitro benzene ring substituents is 1. The highest BCUT2D eigenvalue weighted by molar-refractivity contribution is 6.30. The number of aryl methyl sites for hydroxylation is 1. The van der Waals surface area contributed by atoms with E-state index in [0.717, 1.165) is 21.7 Å². The molecule has 1 unspecified atom stereocenters. The van der Waals surface area contributed by atoms with Crippen LogP contribution in [0.4, 0.5) is 5.69 Å². The average Bonchev–Trinajstić information content (AvgIpc) is 2.46. The van der Waals surface area contributed by atoms with Gasteiger partial charge in [0, 0.05) is 29.7 Å². The second-order valence-electron chi connectivity index (χ2n) is 5.03. The van der Waals surface area contributed by atoms with Crippen LogP contribution >= 0.6 is 11.6 Å². The lowest BCUT2D eigenvalue weighted by atomic mass is 10.1. The number of halogens is 1. The molecule has 0 radical (unpaired) electrons. The predicted octanol–water partition coefficient (Wildman–Crippen LogP) is 4.41. The average molecular weight is 305 g/mol. The summed E-state index contributed by atoms with van der Waals surface area (Å²) >= 11 is 5.94. The van der Waals surface area contributed by atoms with Gasteiger partial charge in [0.2, 0.25) is 0 Å². The second-order valence-corrected chi connectivity index (χ2v) is 5.46. The van der Waals surface area contributed by atoms with Crippen molar-refractivity contribution in [1.82, 2.24) is 5.32 Å². The summed E-state index contributed by atoms with van der Waals surface area (Å²) in [6.07, 6.45) is 0. The van der Waals surface area contributed by atoms with E-state index in [4.69, 9.17) is 11.6 Å². The van der Waals surface area contributed by atoms with Crippen LogP contribution in [-0.4, -0.2) is 4.92 Å². The van der Waals surface area contributed by atoms with Crippen LogP contribution in [0.5, 0.6) is 0 Å². The molecule has 2 aromatic carbocycles. The molecule has 0 saturated carbocycles. The Hall–Kier alpha value is -1.91. The Morgan fingerprint density at radius 3 is 2.71 bits per heavy atom. The first kappa shape index (κ1) is 15.5. The fourth-order valence-electron chi connectivity index (χ4n) is 2.15. The van der Waals surface area contributed by atoms with Gasteiger partial charge in [0.15, 0.2) is 0 Å². The number of non-ortho nitro benzene ring substituents is 1. The van der Waals surface area contributed by atoms with Gasteiger partial charge in [-0.1, -0.05) is 29.8 Å². The first-order valence-electron chi connectivity index (χ1n) is 6.70. The predicted molar refractivity (Wildman–Crippen MR) is 84.5 cm³/mol. The lowest BCUT2D eigenvalue weighted by Crippen LogP contribution is -2.18. The second kappa shape index (κ2) is 6.70. The van der Waals surface area contributed by atoms with Crippen LogP contribution < -0.4 is 5.32 Å². The van der Waals surface area contributed by atoms with Crippen molar-refractivity contribution >= 4 is 17.3 Å². The highest BCUT2D eigenvalue weighted by atomic mass is 35.5. The first-order valence-corrected chi connectivity index (χ1v) is 7.08. The zero-order valence-corrected chi connectivity index (χ0v) is 12.7. The highest BCUT2D eigenvalue weighted by Gasteiger charge is 2.11. The molecule has 0 aliphatic carbocycles. The van der Waals surface area contributed by atoms with Crippen LogP contribution in [0.15, 0.2) is 42.5 Å². The molecule has 0 bridgehead atoms. The van der Waals surface area contributed by atoms with E-state index in [-0.39, 0.29) is 16.7 Å². The van der Waals surface area contributed by atoms with Crippen molar-refractivity contribution in [1.29, 1.82) is 0 Å². The van der Waals surface area contributed by atoms with Crippen molar-refractivity contribution < 1.29 is 4.92 Å². The van der Waals surface area contributed by atoms with Crippen molar-refractivity contribution in [3.05, 3.63) is 74.3 Å².